The van der Waals surface area contributed by atoms with Crippen LogP contribution < -0.4 is 20.9 Å². The maximum atomic E-state index is 5.74. The zero-order valence-electron chi connectivity index (χ0n) is 12.1. The molecule has 20 heavy (non-hydrogen) atoms. The summed E-state index contributed by atoms with van der Waals surface area (Å²) in [5, 5.41) is 0. The first-order valence-electron chi connectivity index (χ1n) is 6.53. The molecule has 0 aliphatic rings. The van der Waals surface area contributed by atoms with Gasteiger partial charge in [-0.05, 0) is 35.4 Å². The van der Waals surface area contributed by atoms with E-state index in [-0.39, 0.29) is 6.04 Å². The van der Waals surface area contributed by atoms with Gasteiger partial charge in [-0.1, -0.05) is 24.3 Å². The molecule has 4 nitrogen and oxygen atoms in total. The summed E-state index contributed by atoms with van der Waals surface area (Å²) in [6, 6.07) is 16.2. The normalized spacial score (nSPS) is 12.0. The van der Waals surface area contributed by atoms with Crippen molar-refractivity contribution in [1.82, 2.24) is 5.43 Å². The number of rotatable bonds is 5. The van der Waals surface area contributed by atoms with Crippen molar-refractivity contribution < 1.29 is 4.74 Å². The number of nitrogens with two attached hydrogens (primary N) is 1. The molecule has 0 heterocycles. The smallest absolute Gasteiger partial charge is 0.118 e. The quantitative estimate of drug-likeness (QED) is 0.647. The highest BCUT2D eigenvalue weighted by Crippen LogP contribution is 2.26. The van der Waals surface area contributed by atoms with Crippen LogP contribution in [0.2, 0.25) is 0 Å². The van der Waals surface area contributed by atoms with Crippen LogP contribution in [0.4, 0.5) is 5.69 Å². The van der Waals surface area contributed by atoms with Crippen molar-refractivity contribution in [3.8, 4) is 5.75 Å². The number of hydrogen-bond acceptors (Lipinski definition) is 4. The summed E-state index contributed by atoms with van der Waals surface area (Å²) in [4.78, 5) is 2.07. The van der Waals surface area contributed by atoms with Gasteiger partial charge in [-0.15, -0.1) is 0 Å². The van der Waals surface area contributed by atoms with Crippen LogP contribution >= 0.6 is 0 Å². The Balaban J connectivity index is 2.33. The lowest BCUT2D eigenvalue weighted by atomic mass is 9.98. The number of nitrogens with zero attached hydrogens (tertiary/aromatic N) is 1. The molecule has 2 rings (SSSR count). The van der Waals surface area contributed by atoms with Crippen molar-refractivity contribution in [2.45, 2.75) is 6.04 Å². The van der Waals surface area contributed by atoms with Gasteiger partial charge in [-0.25, -0.2) is 5.43 Å². The Labute approximate surface area is 120 Å². The van der Waals surface area contributed by atoms with E-state index in [1.807, 2.05) is 44.4 Å². The molecule has 1 unspecified atom stereocenters. The van der Waals surface area contributed by atoms with Crippen LogP contribution in [0.1, 0.15) is 17.2 Å². The Morgan fingerprint density at radius 1 is 1.05 bits per heavy atom. The minimum absolute atomic E-state index is 0.0409. The summed E-state index contributed by atoms with van der Waals surface area (Å²) in [6.45, 7) is 0. The molecule has 0 aliphatic carbocycles. The van der Waals surface area contributed by atoms with Gasteiger partial charge in [0.05, 0.1) is 13.2 Å². The van der Waals surface area contributed by atoms with Gasteiger partial charge in [-0.2, -0.15) is 0 Å². The summed E-state index contributed by atoms with van der Waals surface area (Å²) < 4.78 is 5.18. The number of anilines is 1. The van der Waals surface area contributed by atoms with E-state index < -0.39 is 0 Å². The van der Waals surface area contributed by atoms with Crippen LogP contribution in [0.15, 0.2) is 48.5 Å². The van der Waals surface area contributed by atoms with Crippen molar-refractivity contribution in [3.05, 3.63) is 59.7 Å². The molecule has 0 amide bonds. The Morgan fingerprint density at radius 3 is 2.30 bits per heavy atom. The third-order valence-corrected chi connectivity index (χ3v) is 3.34. The van der Waals surface area contributed by atoms with Crippen molar-refractivity contribution in [3.63, 3.8) is 0 Å². The Morgan fingerprint density at radius 2 is 1.75 bits per heavy atom. The van der Waals surface area contributed by atoms with Gasteiger partial charge in [0, 0.05) is 19.8 Å². The predicted molar refractivity (Wildman–Crippen MR) is 82.9 cm³/mol. The van der Waals surface area contributed by atoms with Crippen LogP contribution in [0, 0.1) is 0 Å². The number of ether oxygens (including phenoxy) is 1. The maximum Gasteiger partial charge on any atom is 0.118 e. The largest absolute Gasteiger partial charge is 0.497 e. The SMILES string of the molecule is COc1ccc(C(NN)c2cccc(N(C)C)c2)cc1. The predicted octanol–water partition coefficient (Wildman–Crippen LogP) is 2.31. The van der Waals surface area contributed by atoms with E-state index in [0.29, 0.717) is 0 Å². The molecule has 0 spiro atoms. The van der Waals surface area contributed by atoms with Crippen molar-refractivity contribution >= 4 is 5.69 Å². The molecule has 0 fully saturated rings. The Kier molecular flexibility index (Phi) is 4.61. The topological polar surface area (TPSA) is 50.5 Å². The minimum Gasteiger partial charge on any atom is -0.497 e. The summed E-state index contributed by atoms with van der Waals surface area (Å²) in [7, 11) is 5.71. The summed E-state index contributed by atoms with van der Waals surface area (Å²) in [5.74, 6) is 6.58. The van der Waals surface area contributed by atoms with Crippen LogP contribution in [0.3, 0.4) is 0 Å². The molecule has 2 aromatic carbocycles. The fraction of sp³-hybridized carbons (Fsp3) is 0.250. The van der Waals surface area contributed by atoms with Gasteiger partial charge in [0.1, 0.15) is 5.75 Å². The standard InChI is InChI=1S/C16H21N3O/c1-19(2)14-6-4-5-13(11-14)16(18-17)12-7-9-15(20-3)10-8-12/h4-11,16,18H,17H2,1-3H3. The Bertz CT molecular complexity index is 552. The summed E-state index contributed by atoms with van der Waals surface area (Å²) in [5.41, 5.74) is 6.26. The maximum absolute atomic E-state index is 5.74. The van der Waals surface area contributed by atoms with E-state index in [1.165, 1.54) is 0 Å². The summed E-state index contributed by atoms with van der Waals surface area (Å²) in [6.07, 6.45) is 0. The lowest BCUT2D eigenvalue weighted by Crippen LogP contribution is -2.29. The molecule has 0 saturated carbocycles. The van der Waals surface area contributed by atoms with Gasteiger partial charge in [-0.3, -0.25) is 5.84 Å². The van der Waals surface area contributed by atoms with E-state index in [0.717, 1.165) is 22.6 Å². The summed E-state index contributed by atoms with van der Waals surface area (Å²) >= 11 is 0. The van der Waals surface area contributed by atoms with E-state index >= 15 is 0 Å². The first kappa shape index (κ1) is 14.4. The van der Waals surface area contributed by atoms with Gasteiger partial charge in [0.25, 0.3) is 0 Å². The van der Waals surface area contributed by atoms with Crippen molar-refractivity contribution in [2.75, 3.05) is 26.1 Å². The zero-order valence-corrected chi connectivity index (χ0v) is 12.1. The third kappa shape index (κ3) is 3.10. The highest BCUT2D eigenvalue weighted by Gasteiger charge is 2.13. The third-order valence-electron chi connectivity index (χ3n) is 3.34. The molecule has 4 heteroatoms. The molecule has 0 aliphatic heterocycles. The van der Waals surface area contributed by atoms with E-state index in [9.17, 15) is 0 Å². The van der Waals surface area contributed by atoms with Gasteiger partial charge in [0.15, 0.2) is 0 Å². The number of nitrogens with one attached hydrogen (secondary N) is 1. The lowest BCUT2D eigenvalue weighted by molar-refractivity contribution is 0.414. The molecule has 0 bridgehead atoms. The second-order valence-corrected chi connectivity index (χ2v) is 4.86. The minimum atomic E-state index is -0.0409. The van der Waals surface area contributed by atoms with Crippen LogP contribution in [0.5, 0.6) is 5.75 Å². The second kappa shape index (κ2) is 6.41. The molecule has 3 N–H and O–H groups in total. The average molecular weight is 271 g/mol. The van der Waals surface area contributed by atoms with Crippen molar-refractivity contribution in [2.24, 2.45) is 5.84 Å². The molecule has 2 aromatic rings. The molecular formula is C16H21N3O. The van der Waals surface area contributed by atoms with Gasteiger partial charge >= 0.3 is 0 Å². The monoisotopic (exact) mass is 271 g/mol. The number of benzene rings is 2. The zero-order chi connectivity index (χ0) is 14.5. The van der Waals surface area contributed by atoms with Gasteiger partial charge in [0.2, 0.25) is 0 Å². The number of hydrazine groups is 1. The molecule has 106 valence electrons. The van der Waals surface area contributed by atoms with Crippen LogP contribution in [-0.2, 0) is 0 Å². The number of hydrogen-bond donors (Lipinski definition) is 2. The first-order valence-corrected chi connectivity index (χ1v) is 6.53. The average Bonchev–Trinajstić information content (AvgIpc) is 2.49. The van der Waals surface area contributed by atoms with E-state index in [2.05, 4.69) is 28.5 Å². The fourth-order valence-electron chi connectivity index (χ4n) is 2.16. The highest BCUT2D eigenvalue weighted by atomic mass is 16.5. The number of methoxy groups -OCH3 is 1. The van der Waals surface area contributed by atoms with Gasteiger partial charge < -0.3 is 9.64 Å². The molecule has 0 aromatic heterocycles. The van der Waals surface area contributed by atoms with Crippen molar-refractivity contribution in [1.29, 1.82) is 0 Å². The van der Waals surface area contributed by atoms with E-state index in [1.54, 1.807) is 7.11 Å². The highest BCUT2D eigenvalue weighted by molar-refractivity contribution is 5.49. The molecular weight excluding hydrogens is 250 g/mol. The molecule has 1 atom stereocenters. The fourth-order valence-corrected chi connectivity index (χ4v) is 2.16. The van der Waals surface area contributed by atoms with Crippen LogP contribution in [0.25, 0.3) is 0 Å². The molecule has 0 radical (unpaired) electrons. The lowest BCUT2D eigenvalue weighted by Gasteiger charge is -2.20. The van der Waals surface area contributed by atoms with Crippen LogP contribution in [-0.4, -0.2) is 21.2 Å². The Hall–Kier alpha value is -2.04. The molecule has 0 saturated heterocycles. The second-order valence-electron chi connectivity index (χ2n) is 4.86. The van der Waals surface area contributed by atoms with E-state index in [4.69, 9.17) is 10.6 Å². The first-order chi connectivity index (χ1) is 9.65.